The second-order valence-corrected chi connectivity index (χ2v) is 4.61. The number of hydrogen-bond donors (Lipinski definition) is 2. The van der Waals surface area contributed by atoms with Gasteiger partial charge in [0, 0.05) is 6.42 Å². The molecule has 3 N–H and O–H groups in total. The van der Waals surface area contributed by atoms with E-state index in [-0.39, 0.29) is 12.3 Å². The van der Waals surface area contributed by atoms with Gasteiger partial charge in [0.2, 0.25) is 0 Å². The van der Waals surface area contributed by atoms with Gasteiger partial charge in [-0.05, 0) is 19.8 Å². The number of anilines is 1. The Kier molecular flexibility index (Phi) is 3.50. The maximum absolute atomic E-state index is 5.98. The molecule has 20 heavy (non-hydrogen) atoms. The summed E-state index contributed by atoms with van der Waals surface area (Å²) in [5.74, 6) is 11.9. The normalized spacial score (nSPS) is 21.7. The Labute approximate surface area is 116 Å². The molecule has 7 heteroatoms. The van der Waals surface area contributed by atoms with Gasteiger partial charge in [0.05, 0.1) is 17.7 Å². The van der Waals surface area contributed by atoms with Crippen LogP contribution in [0.1, 0.15) is 32.4 Å². The lowest BCUT2D eigenvalue weighted by atomic mass is 10.2. The van der Waals surface area contributed by atoms with Gasteiger partial charge in [-0.25, -0.2) is 20.5 Å². The predicted molar refractivity (Wildman–Crippen MR) is 74.3 cm³/mol. The van der Waals surface area contributed by atoms with Crippen molar-refractivity contribution in [3.8, 4) is 11.8 Å². The van der Waals surface area contributed by atoms with Crippen LogP contribution in [0.25, 0.3) is 11.0 Å². The fourth-order valence-corrected chi connectivity index (χ4v) is 2.42. The maximum Gasteiger partial charge on any atom is 0.166 e. The first kappa shape index (κ1) is 12.8. The zero-order valence-electron chi connectivity index (χ0n) is 11.2. The minimum absolute atomic E-state index is 0.100. The van der Waals surface area contributed by atoms with Crippen molar-refractivity contribution in [2.24, 2.45) is 5.84 Å². The van der Waals surface area contributed by atoms with E-state index in [1.165, 1.54) is 6.33 Å². The Morgan fingerprint density at radius 3 is 3.20 bits per heavy atom. The number of rotatable bonds is 3. The van der Waals surface area contributed by atoms with E-state index in [2.05, 4.69) is 32.3 Å². The summed E-state index contributed by atoms with van der Waals surface area (Å²) in [4.78, 5) is 8.33. The van der Waals surface area contributed by atoms with Gasteiger partial charge >= 0.3 is 0 Å². The van der Waals surface area contributed by atoms with Crippen LogP contribution in [0.15, 0.2) is 12.5 Å². The third-order valence-corrected chi connectivity index (χ3v) is 3.39. The third kappa shape index (κ3) is 2.19. The molecule has 3 heterocycles. The van der Waals surface area contributed by atoms with Gasteiger partial charge in [-0.2, -0.15) is 5.10 Å². The molecule has 0 amide bonds. The van der Waals surface area contributed by atoms with Gasteiger partial charge in [-0.1, -0.05) is 0 Å². The molecule has 1 saturated heterocycles. The minimum atomic E-state index is -0.100. The molecule has 2 unspecified atom stereocenters. The highest BCUT2D eigenvalue weighted by molar-refractivity contribution is 5.85. The predicted octanol–water partition coefficient (Wildman–Crippen LogP) is 1.20. The van der Waals surface area contributed by atoms with Crippen LogP contribution in [0.4, 0.5) is 5.82 Å². The molecule has 1 fully saturated rings. The van der Waals surface area contributed by atoms with Crippen LogP contribution in [0, 0.1) is 11.8 Å². The monoisotopic (exact) mass is 272 g/mol. The molecule has 2 aromatic heterocycles. The Bertz CT molecular complexity index is 670. The second-order valence-electron chi connectivity index (χ2n) is 4.61. The van der Waals surface area contributed by atoms with Crippen molar-refractivity contribution in [2.45, 2.75) is 38.5 Å². The van der Waals surface area contributed by atoms with Crippen molar-refractivity contribution in [3.05, 3.63) is 12.5 Å². The highest BCUT2D eigenvalue weighted by Gasteiger charge is 2.28. The fourth-order valence-electron chi connectivity index (χ4n) is 2.42. The number of ether oxygens (including phenoxy) is 1. The Hall–Kier alpha value is -2.17. The molecular formula is C13H16N6O. The quantitative estimate of drug-likeness (QED) is 0.495. The highest BCUT2D eigenvalue weighted by Crippen LogP contribution is 2.31. The Balaban J connectivity index is 1.86. The van der Waals surface area contributed by atoms with Crippen molar-refractivity contribution < 1.29 is 4.74 Å². The topological polar surface area (TPSA) is 90.9 Å². The van der Waals surface area contributed by atoms with Gasteiger partial charge in [0.25, 0.3) is 0 Å². The standard InChI is InChI=1S/C13H16N6O/c1-2-3-4-9-5-6-11(20-9)19-13-10(7-17-19)12(18-14)15-8-16-13/h7-9,11H,4-6,14H2,1H3,(H,15,16,18). The molecular weight excluding hydrogens is 256 g/mol. The van der Waals surface area contributed by atoms with Crippen LogP contribution in [-0.2, 0) is 4.74 Å². The largest absolute Gasteiger partial charge is 0.352 e. The summed E-state index contributed by atoms with van der Waals surface area (Å²) in [5, 5.41) is 5.15. The Morgan fingerprint density at radius 2 is 2.40 bits per heavy atom. The fraction of sp³-hybridized carbons (Fsp3) is 0.462. The number of nitrogen functional groups attached to an aromatic ring is 1. The molecule has 0 aliphatic carbocycles. The molecule has 104 valence electrons. The van der Waals surface area contributed by atoms with Gasteiger partial charge in [0.1, 0.15) is 6.33 Å². The summed E-state index contributed by atoms with van der Waals surface area (Å²) in [7, 11) is 0. The van der Waals surface area contributed by atoms with E-state index >= 15 is 0 Å². The molecule has 0 bridgehead atoms. The van der Waals surface area contributed by atoms with Gasteiger partial charge < -0.3 is 10.2 Å². The molecule has 7 nitrogen and oxygen atoms in total. The zero-order chi connectivity index (χ0) is 13.9. The summed E-state index contributed by atoms with van der Waals surface area (Å²) < 4.78 is 7.76. The van der Waals surface area contributed by atoms with Crippen LogP contribution >= 0.6 is 0 Å². The number of aromatic nitrogens is 4. The molecule has 2 atom stereocenters. The number of hydrogen-bond acceptors (Lipinski definition) is 6. The first-order valence-electron chi connectivity index (χ1n) is 6.53. The van der Waals surface area contributed by atoms with Crippen LogP contribution < -0.4 is 11.3 Å². The van der Waals surface area contributed by atoms with Crippen LogP contribution in [0.3, 0.4) is 0 Å². The van der Waals surface area contributed by atoms with Gasteiger partial charge in [0.15, 0.2) is 17.7 Å². The van der Waals surface area contributed by atoms with Crippen molar-refractivity contribution >= 4 is 16.9 Å². The first-order chi connectivity index (χ1) is 9.83. The number of nitrogens with zero attached hydrogens (tertiary/aromatic N) is 4. The lowest BCUT2D eigenvalue weighted by Crippen LogP contribution is -2.13. The average Bonchev–Trinajstić information content (AvgIpc) is 3.10. The summed E-state index contributed by atoms with van der Waals surface area (Å²) >= 11 is 0. The number of nitrogens with one attached hydrogen (secondary N) is 1. The van der Waals surface area contributed by atoms with Crippen LogP contribution in [-0.4, -0.2) is 25.9 Å². The first-order valence-corrected chi connectivity index (χ1v) is 6.53. The molecule has 3 rings (SSSR count). The highest BCUT2D eigenvalue weighted by atomic mass is 16.5. The van der Waals surface area contributed by atoms with Crippen LogP contribution in [0.5, 0.6) is 0 Å². The lowest BCUT2D eigenvalue weighted by molar-refractivity contribution is -0.000252. The molecule has 0 radical (unpaired) electrons. The van der Waals surface area contributed by atoms with Crippen molar-refractivity contribution in [2.75, 3.05) is 5.43 Å². The number of fused-ring (bicyclic) bond motifs is 1. The van der Waals surface area contributed by atoms with E-state index in [4.69, 9.17) is 10.6 Å². The van der Waals surface area contributed by atoms with E-state index < -0.39 is 0 Å². The van der Waals surface area contributed by atoms with Crippen LogP contribution in [0.2, 0.25) is 0 Å². The summed E-state index contributed by atoms with van der Waals surface area (Å²) in [5.41, 5.74) is 3.27. The third-order valence-electron chi connectivity index (χ3n) is 3.39. The molecule has 1 aliphatic rings. The molecule has 2 aromatic rings. The maximum atomic E-state index is 5.98. The van der Waals surface area contributed by atoms with E-state index in [9.17, 15) is 0 Å². The summed E-state index contributed by atoms with van der Waals surface area (Å²) in [6.07, 6.45) is 5.88. The lowest BCUT2D eigenvalue weighted by Gasteiger charge is -2.13. The van der Waals surface area contributed by atoms with E-state index in [0.29, 0.717) is 5.82 Å². The number of nitrogens with two attached hydrogens (primary N) is 1. The van der Waals surface area contributed by atoms with Gasteiger partial charge in [-0.3, -0.25) is 0 Å². The van der Waals surface area contributed by atoms with E-state index in [1.54, 1.807) is 10.9 Å². The summed E-state index contributed by atoms with van der Waals surface area (Å²) in [6.45, 7) is 1.84. The summed E-state index contributed by atoms with van der Waals surface area (Å²) in [6, 6.07) is 0. The average molecular weight is 272 g/mol. The van der Waals surface area contributed by atoms with E-state index in [1.807, 2.05) is 6.92 Å². The number of hydrazine groups is 1. The van der Waals surface area contributed by atoms with Gasteiger partial charge in [-0.15, -0.1) is 11.8 Å². The second kappa shape index (κ2) is 5.45. The molecule has 1 aliphatic heterocycles. The molecule has 0 saturated carbocycles. The van der Waals surface area contributed by atoms with Crippen molar-refractivity contribution in [1.29, 1.82) is 0 Å². The minimum Gasteiger partial charge on any atom is -0.352 e. The van der Waals surface area contributed by atoms with Crippen molar-refractivity contribution in [1.82, 2.24) is 19.7 Å². The zero-order valence-corrected chi connectivity index (χ0v) is 11.2. The molecule has 0 spiro atoms. The van der Waals surface area contributed by atoms with E-state index in [0.717, 1.165) is 30.3 Å². The Morgan fingerprint density at radius 1 is 1.50 bits per heavy atom. The van der Waals surface area contributed by atoms with Crippen molar-refractivity contribution in [3.63, 3.8) is 0 Å². The smallest absolute Gasteiger partial charge is 0.166 e. The molecule has 0 aromatic carbocycles. The SMILES string of the molecule is CC#CCC1CCC(n2ncc3c(NN)ncnc32)O1.